The number of rotatable bonds is 7. The highest BCUT2D eigenvalue weighted by Gasteiger charge is 2.20. The molecule has 0 amide bonds. The van der Waals surface area contributed by atoms with Gasteiger partial charge in [0.25, 0.3) is 5.78 Å². The molecule has 1 aromatic carbocycles. The number of methoxy groups -OCH3 is 1. The van der Waals surface area contributed by atoms with E-state index < -0.39 is 0 Å². The van der Waals surface area contributed by atoms with Crippen molar-refractivity contribution in [3.8, 4) is 11.3 Å². The molecule has 4 heterocycles. The number of aryl methyl sites for hydroxylation is 1. The summed E-state index contributed by atoms with van der Waals surface area (Å²) in [6.45, 7) is 6.57. The van der Waals surface area contributed by atoms with Crippen LogP contribution >= 0.6 is 11.8 Å². The normalized spacial score (nSPS) is 14.4. The van der Waals surface area contributed by atoms with Crippen LogP contribution in [0.4, 0.5) is 5.95 Å². The number of fused-ring (bicyclic) bond motifs is 1. The van der Waals surface area contributed by atoms with E-state index in [0.29, 0.717) is 16.9 Å². The van der Waals surface area contributed by atoms with Crippen LogP contribution in [0.1, 0.15) is 11.3 Å². The Hall–Kier alpha value is -3.57. The predicted molar refractivity (Wildman–Crippen MR) is 133 cm³/mol. The third-order valence-corrected chi connectivity index (χ3v) is 6.77. The molecule has 0 saturated carbocycles. The van der Waals surface area contributed by atoms with Crippen LogP contribution in [0.25, 0.3) is 17.0 Å². The molecule has 0 bridgehead atoms. The molecule has 11 heteroatoms. The minimum absolute atomic E-state index is 0.146. The quantitative estimate of drug-likeness (QED) is 0.284. The molecule has 1 saturated heterocycles. The summed E-state index contributed by atoms with van der Waals surface area (Å²) < 4.78 is 6.36. The van der Waals surface area contributed by atoms with E-state index in [9.17, 15) is 4.79 Å². The number of carbonyl (C=O) groups is 1. The van der Waals surface area contributed by atoms with E-state index in [1.807, 2.05) is 19.1 Å². The summed E-state index contributed by atoms with van der Waals surface area (Å²) in [7, 11) is 1.36. The fraction of sp³-hybridized carbons (Fsp3) is 0.333. The molecule has 1 aliphatic rings. The fourth-order valence-corrected chi connectivity index (χ4v) is 4.67. The first kappa shape index (κ1) is 23.2. The third kappa shape index (κ3) is 5.25. The summed E-state index contributed by atoms with van der Waals surface area (Å²) >= 11 is 1.22. The minimum atomic E-state index is -0.325. The number of hydrogen-bond donors (Lipinski definition) is 0. The van der Waals surface area contributed by atoms with E-state index in [1.165, 1.54) is 24.4 Å². The zero-order valence-corrected chi connectivity index (χ0v) is 20.5. The maximum absolute atomic E-state index is 11.4. The molecule has 0 unspecified atom stereocenters. The predicted octanol–water partition coefficient (Wildman–Crippen LogP) is 2.48. The highest BCUT2D eigenvalue weighted by Crippen LogP contribution is 2.24. The summed E-state index contributed by atoms with van der Waals surface area (Å²) in [6, 6.07) is 12.4. The van der Waals surface area contributed by atoms with Gasteiger partial charge in [0, 0.05) is 50.7 Å². The zero-order valence-electron chi connectivity index (χ0n) is 19.7. The van der Waals surface area contributed by atoms with Crippen LogP contribution in [0.5, 0.6) is 0 Å². The van der Waals surface area contributed by atoms with Crippen molar-refractivity contribution in [1.29, 1.82) is 0 Å². The first-order chi connectivity index (χ1) is 17.1. The number of aromatic nitrogens is 6. The lowest BCUT2D eigenvalue weighted by Crippen LogP contribution is -2.46. The summed E-state index contributed by atoms with van der Waals surface area (Å²) in [6.07, 6.45) is 3.55. The molecule has 1 fully saturated rings. The molecule has 0 spiro atoms. The standard InChI is InChI=1S/C24H26N8O2S/c1-17-19(14-26-23-28-24(29-32(17)23)35-16-21(33)34-2)20-8-9-25-22(27-20)31-12-10-30(11-13-31)15-18-6-4-3-5-7-18/h3-9,14H,10-13,15-16H2,1-2H3. The molecule has 180 valence electrons. The number of esters is 1. The first-order valence-corrected chi connectivity index (χ1v) is 12.4. The largest absolute Gasteiger partial charge is 0.468 e. The topological polar surface area (TPSA) is 102 Å². The average Bonchev–Trinajstić information content (AvgIpc) is 3.33. The van der Waals surface area contributed by atoms with Gasteiger partial charge in [-0.15, -0.1) is 5.10 Å². The number of carbonyl (C=O) groups excluding carboxylic acids is 1. The Labute approximate surface area is 207 Å². The second-order valence-corrected chi connectivity index (χ2v) is 9.16. The van der Waals surface area contributed by atoms with Crippen molar-refractivity contribution in [1.82, 2.24) is 34.4 Å². The van der Waals surface area contributed by atoms with Gasteiger partial charge in [-0.1, -0.05) is 42.1 Å². The number of thioether (sulfide) groups is 1. The van der Waals surface area contributed by atoms with Gasteiger partial charge < -0.3 is 9.64 Å². The lowest BCUT2D eigenvalue weighted by atomic mass is 10.2. The van der Waals surface area contributed by atoms with Gasteiger partial charge in [-0.05, 0) is 18.6 Å². The zero-order chi connectivity index (χ0) is 24.2. The van der Waals surface area contributed by atoms with Crippen LogP contribution in [0.2, 0.25) is 0 Å². The maximum atomic E-state index is 11.4. The molecule has 1 aliphatic heterocycles. The highest BCUT2D eigenvalue weighted by molar-refractivity contribution is 7.99. The Kier molecular flexibility index (Phi) is 6.87. The number of nitrogens with zero attached hydrogens (tertiary/aromatic N) is 8. The van der Waals surface area contributed by atoms with Gasteiger partial charge in [0.1, 0.15) is 0 Å². The number of hydrogen-bond acceptors (Lipinski definition) is 10. The van der Waals surface area contributed by atoms with Crippen molar-refractivity contribution in [2.24, 2.45) is 0 Å². The molecule has 0 aliphatic carbocycles. The second kappa shape index (κ2) is 10.4. The van der Waals surface area contributed by atoms with E-state index in [0.717, 1.165) is 49.7 Å². The summed E-state index contributed by atoms with van der Waals surface area (Å²) in [5, 5.41) is 4.97. The maximum Gasteiger partial charge on any atom is 0.316 e. The van der Waals surface area contributed by atoms with Crippen molar-refractivity contribution in [2.45, 2.75) is 18.6 Å². The van der Waals surface area contributed by atoms with Crippen LogP contribution < -0.4 is 4.90 Å². The number of anilines is 1. The van der Waals surface area contributed by atoms with E-state index in [2.05, 4.69) is 58.9 Å². The van der Waals surface area contributed by atoms with Crippen molar-refractivity contribution in [2.75, 3.05) is 43.9 Å². The molecular formula is C24H26N8O2S. The monoisotopic (exact) mass is 490 g/mol. The van der Waals surface area contributed by atoms with Gasteiger partial charge in [-0.2, -0.15) is 9.50 Å². The Morgan fingerprint density at radius 3 is 2.63 bits per heavy atom. The van der Waals surface area contributed by atoms with Crippen molar-refractivity contribution >= 4 is 29.5 Å². The van der Waals surface area contributed by atoms with Crippen LogP contribution in [-0.2, 0) is 16.1 Å². The van der Waals surface area contributed by atoms with E-state index >= 15 is 0 Å². The van der Waals surface area contributed by atoms with Crippen LogP contribution in [0.3, 0.4) is 0 Å². The molecule has 35 heavy (non-hydrogen) atoms. The smallest absolute Gasteiger partial charge is 0.316 e. The molecule has 0 atom stereocenters. The van der Waals surface area contributed by atoms with E-state index in [4.69, 9.17) is 4.98 Å². The van der Waals surface area contributed by atoms with E-state index in [-0.39, 0.29) is 11.7 Å². The Balaban J connectivity index is 1.30. The number of ether oxygens (including phenoxy) is 1. The molecular weight excluding hydrogens is 464 g/mol. The summed E-state index contributed by atoms with van der Waals surface area (Å²) in [5.41, 5.74) is 3.84. The van der Waals surface area contributed by atoms with Gasteiger partial charge >= 0.3 is 5.97 Å². The number of benzene rings is 1. The molecule has 0 radical (unpaired) electrons. The highest BCUT2D eigenvalue weighted by atomic mass is 32.2. The molecule has 4 aromatic rings. The van der Waals surface area contributed by atoms with Crippen LogP contribution in [0, 0.1) is 6.92 Å². The first-order valence-electron chi connectivity index (χ1n) is 11.4. The lowest BCUT2D eigenvalue weighted by Gasteiger charge is -2.34. The van der Waals surface area contributed by atoms with Gasteiger partial charge in [0.15, 0.2) is 0 Å². The Morgan fingerprint density at radius 2 is 1.86 bits per heavy atom. The summed E-state index contributed by atoms with van der Waals surface area (Å²) in [4.78, 5) is 34.3. The Bertz CT molecular complexity index is 1320. The second-order valence-electron chi connectivity index (χ2n) is 8.22. The van der Waals surface area contributed by atoms with Crippen LogP contribution in [0.15, 0.2) is 53.9 Å². The van der Waals surface area contributed by atoms with Gasteiger partial charge in [0.2, 0.25) is 11.1 Å². The van der Waals surface area contributed by atoms with Crippen molar-refractivity contribution in [3.63, 3.8) is 0 Å². The summed E-state index contributed by atoms with van der Waals surface area (Å²) in [5.74, 6) is 1.01. The molecule has 0 N–H and O–H groups in total. The van der Waals surface area contributed by atoms with Gasteiger partial charge in [-0.25, -0.2) is 15.0 Å². The van der Waals surface area contributed by atoms with Crippen molar-refractivity contribution < 1.29 is 9.53 Å². The SMILES string of the molecule is COC(=O)CSc1nc2ncc(-c3ccnc(N4CCN(Cc5ccccc5)CC4)n3)c(C)n2n1. The van der Waals surface area contributed by atoms with Gasteiger partial charge in [0.05, 0.1) is 24.3 Å². The average molecular weight is 491 g/mol. The molecule has 10 nitrogen and oxygen atoms in total. The Morgan fingerprint density at radius 1 is 1.06 bits per heavy atom. The number of piperazine rings is 1. The molecule has 5 rings (SSSR count). The molecule has 3 aromatic heterocycles. The van der Waals surface area contributed by atoms with E-state index in [1.54, 1.807) is 16.9 Å². The lowest BCUT2D eigenvalue weighted by molar-refractivity contribution is -0.137. The fourth-order valence-electron chi connectivity index (χ4n) is 4.02. The van der Waals surface area contributed by atoms with Gasteiger partial charge in [-0.3, -0.25) is 9.69 Å². The van der Waals surface area contributed by atoms with Crippen molar-refractivity contribution in [3.05, 3.63) is 60.0 Å². The van der Waals surface area contributed by atoms with Crippen LogP contribution in [-0.4, -0.2) is 79.5 Å². The minimum Gasteiger partial charge on any atom is -0.468 e. The third-order valence-electron chi connectivity index (χ3n) is 5.96.